The van der Waals surface area contributed by atoms with Gasteiger partial charge in [-0.15, -0.1) is 0 Å². The summed E-state index contributed by atoms with van der Waals surface area (Å²) in [5.41, 5.74) is 4.12. The highest BCUT2D eigenvalue weighted by molar-refractivity contribution is 5.93. The number of halogens is 1. The van der Waals surface area contributed by atoms with Gasteiger partial charge in [0.1, 0.15) is 5.67 Å². The molecule has 0 saturated heterocycles. The van der Waals surface area contributed by atoms with Crippen molar-refractivity contribution in [2.45, 2.75) is 58.3 Å². The maximum Gasteiger partial charge on any atom is 0.227 e. The lowest BCUT2D eigenvalue weighted by Gasteiger charge is -2.25. The minimum atomic E-state index is -1.26. The van der Waals surface area contributed by atoms with Crippen LogP contribution in [-0.2, 0) is 17.9 Å². The number of alkyl halides is 1. The molecule has 4 rings (SSSR count). The number of amides is 1. The van der Waals surface area contributed by atoms with Crippen molar-refractivity contribution >= 4 is 17.3 Å². The van der Waals surface area contributed by atoms with Gasteiger partial charge in [-0.1, -0.05) is 0 Å². The SMILES string of the molecule is Cc1cc(N2CCCn3cccc3C2)cc(C)c1NC(=O)CC1(F)CC1. The number of anilines is 2. The number of carbonyl (C=O) groups excluding carboxylic acids is 1. The van der Waals surface area contributed by atoms with Crippen molar-refractivity contribution in [1.82, 2.24) is 4.57 Å². The number of carbonyl (C=O) groups is 1. The maximum atomic E-state index is 13.8. The van der Waals surface area contributed by atoms with Crippen molar-refractivity contribution < 1.29 is 9.18 Å². The van der Waals surface area contributed by atoms with E-state index in [4.69, 9.17) is 0 Å². The predicted octanol–water partition coefficient (Wildman–Crippen LogP) is 4.35. The van der Waals surface area contributed by atoms with Crippen molar-refractivity contribution in [3.8, 4) is 0 Å². The Morgan fingerprint density at radius 3 is 2.65 bits per heavy atom. The van der Waals surface area contributed by atoms with Crippen LogP contribution >= 0.6 is 0 Å². The highest BCUT2D eigenvalue weighted by Crippen LogP contribution is 2.43. The zero-order chi connectivity index (χ0) is 18.3. The second-order valence-corrected chi connectivity index (χ2v) is 7.80. The molecular formula is C21H26FN3O. The first kappa shape index (κ1) is 17.1. The molecule has 0 bridgehead atoms. The number of rotatable bonds is 4. The average Bonchev–Trinajstić information content (AvgIpc) is 3.21. The van der Waals surface area contributed by atoms with E-state index in [-0.39, 0.29) is 12.3 Å². The summed E-state index contributed by atoms with van der Waals surface area (Å²) < 4.78 is 16.1. The molecule has 5 heteroatoms. The van der Waals surface area contributed by atoms with Crippen LogP contribution in [0.5, 0.6) is 0 Å². The summed E-state index contributed by atoms with van der Waals surface area (Å²) in [5, 5.41) is 2.93. The van der Waals surface area contributed by atoms with Crippen LogP contribution in [0.25, 0.3) is 0 Å². The standard InChI is InChI=1S/C21H26FN3O/c1-15-11-18(25-10-4-9-24-8-3-5-17(24)14-25)12-16(2)20(15)23-19(26)13-21(22)6-7-21/h3,5,8,11-12H,4,6-7,9-10,13-14H2,1-2H3,(H,23,26). The maximum absolute atomic E-state index is 13.8. The largest absolute Gasteiger partial charge is 0.366 e. The van der Waals surface area contributed by atoms with Crippen molar-refractivity contribution in [1.29, 1.82) is 0 Å². The number of nitrogens with one attached hydrogen (secondary N) is 1. The Bertz CT molecular complexity index is 815. The third kappa shape index (κ3) is 3.48. The smallest absolute Gasteiger partial charge is 0.227 e. The molecule has 0 radical (unpaired) electrons. The molecule has 1 N–H and O–H groups in total. The molecule has 2 aliphatic rings. The number of hydrogen-bond acceptors (Lipinski definition) is 2. The zero-order valence-corrected chi connectivity index (χ0v) is 15.5. The van der Waals surface area contributed by atoms with Crippen molar-refractivity contribution in [2.24, 2.45) is 0 Å². The van der Waals surface area contributed by atoms with E-state index in [1.807, 2.05) is 13.8 Å². The normalized spacial score (nSPS) is 18.2. The summed E-state index contributed by atoms with van der Waals surface area (Å²) in [6, 6.07) is 8.54. The number of fused-ring (bicyclic) bond motifs is 1. The molecular weight excluding hydrogens is 329 g/mol. The predicted molar refractivity (Wildman–Crippen MR) is 102 cm³/mol. The van der Waals surface area contributed by atoms with E-state index in [1.165, 1.54) is 11.4 Å². The number of nitrogens with zero attached hydrogens (tertiary/aromatic N) is 2. The van der Waals surface area contributed by atoms with Crippen molar-refractivity contribution in [3.05, 3.63) is 47.3 Å². The van der Waals surface area contributed by atoms with E-state index in [1.54, 1.807) is 0 Å². The summed E-state index contributed by atoms with van der Waals surface area (Å²) in [7, 11) is 0. The Kier molecular flexibility index (Phi) is 4.25. The zero-order valence-electron chi connectivity index (χ0n) is 15.5. The van der Waals surface area contributed by atoms with Crippen molar-refractivity contribution in [2.75, 3.05) is 16.8 Å². The quantitative estimate of drug-likeness (QED) is 0.885. The first-order valence-corrected chi connectivity index (χ1v) is 9.43. The fourth-order valence-corrected chi connectivity index (χ4v) is 3.84. The monoisotopic (exact) mass is 355 g/mol. The highest BCUT2D eigenvalue weighted by Gasteiger charge is 2.44. The lowest BCUT2D eigenvalue weighted by atomic mass is 10.1. The van der Waals surface area contributed by atoms with Gasteiger partial charge >= 0.3 is 0 Å². The van der Waals surface area contributed by atoms with Gasteiger partial charge in [-0.25, -0.2) is 4.39 Å². The number of hydrogen-bond donors (Lipinski definition) is 1. The van der Waals surface area contributed by atoms with Gasteiger partial charge in [0.05, 0.1) is 13.0 Å². The molecule has 1 amide bonds. The molecule has 0 spiro atoms. The van der Waals surface area contributed by atoms with E-state index in [9.17, 15) is 9.18 Å². The molecule has 1 aliphatic carbocycles. The van der Waals surface area contributed by atoms with Crippen LogP contribution < -0.4 is 10.2 Å². The Balaban J connectivity index is 1.53. The summed E-state index contributed by atoms with van der Waals surface area (Å²) in [4.78, 5) is 14.5. The van der Waals surface area contributed by atoms with E-state index in [0.29, 0.717) is 12.8 Å². The molecule has 2 aromatic rings. The lowest BCUT2D eigenvalue weighted by molar-refractivity contribution is -0.117. The van der Waals surface area contributed by atoms with Crippen LogP contribution in [-0.4, -0.2) is 22.7 Å². The van der Waals surface area contributed by atoms with Gasteiger partial charge in [-0.05, 0) is 68.5 Å². The molecule has 1 aromatic carbocycles. The number of benzene rings is 1. The molecule has 0 unspecified atom stereocenters. The topological polar surface area (TPSA) is 37.3 Å². The van der Waals surface area contributed by atoms with Crippen molar-refractivity contribution in [3.63, 3.8) is 0 Å². The van der Waals surface area contributed by atoms with Crippen LogP contribution in [0.1, 0.15) is 42.5 Å². The highest BCUT2D eigenvalue weighted by atomic mass is 19.1. The third-order valence-electron chi connectivity index (χ3n) is 5.52. The van der Waals surface area contributed by atoms with E-state index < -0.39 is 5.67 Å². The molecule has 1 saturated carbocycles. The summed E-state index contributed by atoms with van der Waals surface area (Å²) in [5.74, 6) is -0.225. The Morgan fingerprint density at radius 1 is 1.23 bits per heavy atom. The average molecular weight is 355 g/mol. The van der Waals surface area contributed by atoms with Gasteiger partial charge in [0, 0.05) is 36.4 Å². The molecule has 2 heterocycles. The Morgan fingerprint density at radius 2 is 1.96 bits per heavy atom. The molecule has 1 aliphatic heterocycles. The summed E-state index contributed by atoms with van der Waals surface area (Å²) >= 11 is 0. The second-order valence-electron chi connectivity index (χ2n) is 7.80. The van der Waals surface area contributed by atoms with Gasteiger partial charge in [0.25, 0.3) is 0 Å². The Labute approximate surface area is 154 Å². The minimum absolute atomic E-state index is 0.0310. The summed E-state index contributed by atoms with van der Waals surface area (Å²) in [6.45, 7) is 6.97. The number of aryl methyl sites for hydroxylation is 3. The molecule has 26 heavy (non-hydrogen) atoms. The van der Waals surface area contributed by atoms with Gasteiger partial charge in [-0.2, -0.15) is 0 Å². The van der Waals surface area contributed by atoms with Crippen LogP contribution in [0.2, 0.25) is 0 Å². The van der Waals surface area contributed by atoms with E-state index in [0.717, 1.165) is 42.9 Å². The van der Waals surface area contributed by atoms with Gasteiger partial charge in [-0.3, -0.25) is 4.79 Å². The Hall–Kier alpha value is -2.30. The van der Waals surface area contributed by atoms with Crippen LogP contribution in [0.3, 0.4) is 0 Å². The molecule has 4 nitrogen and oxygen atoms in total. The fraction of sp³-hybridized carbons (Fsp3) is 0.476. The molecule has 138 valence electrons. The second kappa shape index (κ2) is 6.45. The fourth-order valence-electron chi connectivity index (χ4n) is 3.84. The molecule has 1 aromatic heterocycles. The lowest BCUT2D eigenvalue weighted by Crippen LogP contribution is -2.23. The van der Waals surface area contributed by atoms with Gasteiger partial charge < -0.3 is 14.8 Å². The first-order chi connectivity index (χ1) is 12.4. The third-order valence-corrected chi connectivity index (χ3v) is 5.52. The molecule has 1 fully saturated rings. The van der Waals surface area contributed by atoms with Crippen LogP contribution in [0, 0.1) is 13.8 Å². The van der Waals surface area contributed by atoms with Gasteiger partial charge in [0.15, 0.2) is 0 Å². The van der Waals surface area contributed by atoms with Crippen LogP contribution in [0.4, 0.5) is 15.8 Å². The molecule has 0 atom stereocenters. The van der Waals surface area contributed by atoms with E-state index in [2.05, 4.69) is 45.2 Å². The number of aromatic nitrogens is 1. The first-order valence-electron chi connectivity index (χ1n) is 9.43. The van der Waals surface area contributed by atoms with Gasteiger partial charge in [0.2, 0.25) is 5.91 Å². The van der Waals surface area contributed by atoms with Crippen LogP contribution in [0.15, 0.2) is 30.5 Å². The summed E-state index contributed by atoms with van der Waals surface area (Å²) in [6.07, 6.45) is 4.24. The minimum Gasteiger partial charge on any atom is -0.366 e. The van der Waals surface area contributed by atoms with E-state index >= 15 is 0 Å².